The molecule has 0 aliphatic heterocycles. The van der Waals surface area contributed by atoms with Gasteiger partial charge in [-0.15, -0.1) is 0 Å². The number of ether oxygens (including phenoxy) is 2. The molecule has 5 aromatic rings. The average Bonchev–Trinajstić information content (AvgIpc) is 3.46. The first-order valence-electron chi connectivity index (χ1n) is 13.8. The van der Waals surface area contributed by atoms with Crippen LogP contribution in [0.25, 0.3) is 10.9 Å². The first kappa shape index (κ1) is 29.6. The van der Waals surface area contributed by atoms with Crippen LogP contribution in [0.3, 0.4) is 0 Å². The number of carbonyl (C=O) groups is 4. The summed E-state index contributed by atoms with van der Waals surface area (Å²) in [5, 5.41) is 9.11. The highest BCUT2D eigenvalue weighted by Gasteiger charge is 2.25. The molecule has 3 amide bonds. The molecule has 0 spiro atoms. The Morgan fingerprint density at radius 3 is 2.14 bits per heavy atom. The molecule has 0 saturated heterocycles. The second kappa shape index (κ2) is 13.8. The lowest BCUT2D eigenvalue weighted by atomic mass is 10.0. The summed E-state index contributed by atoms with van der Waals surface area (Å²) < 4.78 is 10.2. The third-order valence-electron chi connectivity index (χ3n) is 6.93. The van der Waals surface area contributed by atoms with E-state index in [1.54, 1.807) is 48.7 Å². The van der Waals surface area contributed by atoms with Crippen molar-refractivity contribution in [2.24, 2.45) is 0 Å². The molecule has 0 aliphatic rings. The highest BCUT2D eigenvalue weighted by atomic mass is 16.5. The summed E-state index contributed by atoms with van der Waals surface area (Å²) >= 11 is 0. The van der Waals surface area contributed by atoms with Gasteiger partial charge in [-0.1, -0.05) is 72.8 Å². The van der Waals surface area contributed by atoms with E-state index in [1.807, 2.05) is 54.6 Å². The number of para-hydroxylation sites is 3. The first-order chi connectivity index (χ1) is 21.4. The molecule has 222 valence electrons. The van der Waals surface area contributed by atoms with Crippen LogP contribution in [-0.4, -0.2) is 42.0 Å². The number of aromatic amines is 1. The topological polar surface area (TPSA) is 139 Å². The Morgan fingerprint density at radius 2 is 1.39 bits per heavy atom. The van der Waals surface area contributed by atoms with E-state index in [1.165, 1.54) is 13.2 Å². The van der Waals surface area contributed by atoms with Crippen molar-refractivity contribution < 1.29 is 28.7 Å². The predicted molar refractivity (Wildman–Crippen MR) is 166 cm³/mol. The Bertz CT molecular complexity index is 1800. The monoisotopic (exact) mass is 590 g/mol. The molecule has 1 heterocycles. The minimum atomic E-state index is -1.05. The molecule has 1 aromatic heterocycles. The standard InChI is InChI=1S/C34H30N4O6/c1-43-33(41)26-15-7-10-18-29(26)36-31(39)25-14-6-9-17-28(25)37-32(40)30(19-23-20-35-27-16-8-5-13-24(23)27)38-34(42)44-21-22-11-3-2-4-12-22/h2-18,20,30,35H,19,21H2,1H3,(H,36,39)(H,37,40)(H,38,42). The zero-order valence-electron chi connectivity index (χ0n) is 23.8. The maximum absolute atomic E-state index is 13.7. The van der Waals surface area contributed by atoms with Crippen molar-refractivity contribution in [2.75, 3.05) is 17.7 Å². The van der Waals surface area contributed by atoms with Crippen molar-refractivity contribution in [1.29, 1.82) is 0 Å². The molecule has 1 unspecified atom stereocenters. The second-order valence-electron chi connectivity index (χ2n) is 9.85. The number of carbonyl (C=O) groups excluding carboxylic acids is 4. The van der Waals surface area contributed by atoms with E-state index in [4.69, 9.17) is 9.47 Å². The summed E-state index contributed by atoms with van der Waals surface area (Å²) in [5.41, 5.74) is 3.31. The summed E-state index contributed by atoms with van der Waals surface area (Å²) in [6.45, 7) is 0.0319. The van der Waals surface area contributed by atoms with Crippen LogP contribution in [0.15, 0.2) is 109 Å². The lowest BCUT2D eigenvalue weighted by Gasteiger charge is -2.19. The van der Waals surface area contributed by atoms with E-state index < -0.39 is 29.9 Å². The van der Waals surface area contributed by atoms with Gasteiger partial charge in [-0.05, 0) is 41.5 Å². The van der Waals surface area contributed by atoms with Crippen molar-refractivity contribution in [1.82, 2.24) is 10.3 Å². The van der Waals surface area contributed by atoms with E-state index in [0.29, 0.717) is 0 Å². The van der Waals surface area contributed by atoms with Gasteiger partial charge in [0.05, 0.1) is 29.6 Å². The van der Waals surface area contributed by atoms with Crippen molar-refractivity contribution in [3.63, 3.8) is 0 Å². The van der Waals surface area contributed by atoms with Gasteiger partial charge in [0.15, 0.2) is 0 Å². The van der Waals surface area contributed by atoms with Crippen LogP contribution in [-0.2, 0) is 27.3 Å². The molecule has 4 N–H and O–H groups in total. The summed E-state index contributed by atoms with van der Waals surface area (Å²) in [4.78, 5) is 55.3. The lowest BCUT2D eigenvalue weighted by molar-refractivity contribution is -0.118. The van der Waals surface area contributed by atoms with Crippen LogP contribution in [0, 0.1) is 0 Å². The number of anilines is 2. The van der Waals surface area contributed by atoms with Crippen molar-refractivity contribution in [2.45, 2.75) is 19.1 Å². The van der Waals surface area contributed by atoms with Crippen LogP contribution in [0.4, 0.5) is 16.2 Å². The zero-order chi connectivity index (χ0) is 30.9. The number of H-pyrrole nitrogens is 1. The molecule has 5 rings (SSSR count). The van der Waals surface area contributed by atoms with E-state index in [2.05, 4.69) is 20.9 Å². The van der Waals surface area contributed by atoms with Crippen LogP contribution >= 0.6 is 0 Å². The molecular formula is C34H30N4O6. The molecule has 0 bridgehead atoms. The molecule has 0 aliphatic carbocycles. The number of fused-ring (bicyclic) bond motifs is 1. The summed E-state index contributed by atoms with van der Waals surface area (Å²) in [6, 6.07) is 28.7. The minimum absolute atomic E-state index is 0.0319. The van der Waals surface area contributed by atoms with E-state index >= 15 is 0 Å². The first-order valence-corrected chi connectivity index (χ1v) is 13.8. The number of nitrogens with one attached hydrogen (secondary N) is 4. The maximum atomic E-state index is 13.7. The predicted octanol–water partition coefficient (Wildman–Crippen LogP) is 5.68. The van der Waals surface area contributed by atoms with Gasteiger partial charge in [0.1, 0.15) is 12.6 Å². The number of esters is 1. The highest BCUT2D eigenvalue weighted by Crippen LogP contribution is 2.23. The highest BCUT2D eigenvalue weighted by molar-refractivity contribution is 6.12. The Balaban J connectivity index is 1.36. The smallest absolute Gasteiger partial charge is 0.408 e. The van der Waals surface area contributed by atoms with Crippen LogP contribution < -0.4 is 16.0 Å². The SMILES string of the molecule is COC(=O)c1ccccc1NC(=O)c1ccccc1NC(=O)C(Cc1c[nH]c2ccccc12)NC(=O)OCc1ccccc1. The van der Waals surface area contributed by atoms with Gasteiger partial charge in [-0.3, -0.25) is 9.59 Å². The number of alkyl carbamates (subject to hydrolysis) is 1. The van der Waals surface area contributed by atoms with Crippen LogP contribution in [0.1, 0.15) is 31.8 Å². The molecule has 0 saturated carbocycles. The molecule has 0 fully saturated rings. The van der Waals surface area contributed by atoms with Gasteiger partial charge in [-0.25, -0.2) is 9.59 Å². The molecule has 4 aromatic carbocycles. The second-order valence-corrected chi connectivity index (χ2v) is 9.85. The Labute approximate surface area is 253 Å². The number of rotatable bonds is 10. The average molecular weight is 591 g/mol. The van der Waals surface area contributed by atoms with Gasteiger partial charge in [0.25, 0.3) is 5.91 Å². The third kappa shape index (κ3) is 7.11. The number of aromatic nitrogens is 1. The van der Waals surface area contributed by atoms with Crippen molar-refractivity contribution in [3.05, 3.63) is 132 Å². The summed E-state index contributed by atoms with van der Waals surface area (Å²) in [6.07, 6.45) is 1.18. The van der Waals surface area contributed by atoms with E-state index in [9.17, 15) is 19.2 Å². The van der Waals surface area contributed by atoms with Gasteiger partial charge in [-0.2, -0.15) is 0 Å². The number of hydrogen-bond donors (Lipinski definition) is 4. The number of amides is 3. The van der Waals surface area contributed by atoms with Gasteiger partial charge in [0, 0.05) is 23.5 Å². The lowest BCUT2D eigenvalue weighted by Crippen LogP contribution is -2.45. The normalized spacial score (nSPS) is 11.3. The quantitative estimate of drug-likeness (QED) is 0.154. The van der Waals surface area contributed by atoms with Crippen molar-refractivity contribution >= 4 is 46.2 Å². The number of hydrogen-bond acceptors (Lipinski definition) is 6. The minimum Gasteiger partial charge on any atom is -0.465 e. The zero-order valence-corrected chi connectivity index (χ0v) is 23.8. The molecule has 10 heteroatoms. The Kier molecular flexibility index (Phi) is 9.31. The molecule has 10 nitrogen and oxygen atoms in total. The van der Waals surface area contributed by atoms with E-state index in [-0.39, 0.29) is 35.5 Å². The van der Waals surface area contributed by atoms with E-state index in [0.717, 1.165) is 22.0 Å². The van der Waals surface area contributed by atoms with Gasteiger partial charge >= 0.3 is 12.1 Å². The molecule has 44 heavy (non-hydrogen) atoms. The molecular weight excluding hydrogens is 560 g/mol. The van der Waals surface area contributed by atoms with Gasteiger partial charge in [0.2, 0.25) is 5.91 Å². The van der Waals surface area contributed by atoms with Crippen molar-refractivity contribution in [3.8, 4) is 0 Å². The van der Waals surface area contributed by atoms with Crippen LogP contribution in [0.5, 0.6) is 0 Å². The van der Waals surface area contributed by atoms with Crippen LogP contribution in [0.2, 0.25) is 0 Å². The largest absolute Gasteiger partial charge is 0.465 e. The molecule has 0 radical (unpaired) electrons. The van der Waals surface area contributed by atoms with Gasteiger partial charge < -0.3 is 30.4 Å². The fourth-order valence-corrected chi connectivity index (χ4v) is 4.72. The third-order valence-corrected chi connectivity index (χ3v) is 6.93. The summed E-state index contributed by atoms with van der Waals surface area (Å²) in [5.74, 6) is -1.71. The maximum Gasteiger partial charge on any atom is 0.408 e. The fourth-order valence-electron chi connectivity index (χ4n) is 4.72. The Hall–Kier alpha value is -5.90. The fraction of sp³-hybridized carbons (Fsp3) is 0.118. The molecule has 1 atom stereocenters. The summed E-state index contributed by atoms with van der Waals surface area (Å²) in [7, 11) is 1.25. The number of methoxy groups -OCH3 is 1. The number of benzene rings is 4. The Morgan fingerprint density at radius 1 is 0.750 bits per heavy atom.